The summed E-state index contributed by atoms with van der Waals surface area (Å²) >= 11 is 0. The standard InChI is InChI=1S/C73H138O17P2/c1-6-9-12-15-18-20-22-24-25-30-33-37-42-47-52-57-71(76)84-63-69(90-73(78)59-54-49-44-39-35-31-27-26-29-32-36-41-45-50-55-66(4)5)65-88-92(81,82)86-61-67(74)60-85-91(79,80)87-64-68(62-83-70(75)56-51-46-40-17-14-11-8-3)89-72(77)58-53-48-43-38-34-28-23-21-19-16-13-10-7-2/h20,22,24-25,66-69,74H,6-19,21,23,26-65H2,1-5H3,(H,79,80)(H,81,82)/b22-20-,25-24-/t67-,68+,69+/m0/s1. The second-order valence-electron chi connectivity index (χ2n) is 26.1. The quantitative estimate of drug-likeness (QED) is 0.0169. The Morgan fingerprint density at radius 2 is 0.587 bits per heavy atom. The number of phosphoric acid groups is 2. The molecule has 19 heteroatoms. The number of ether oxygens (including phenoxy) is 4. The maximum absolute atomic E-state index is 13.0. The van der Waals surface area contributed by atoms with Gasteiger partial charge in [-0.15, -0.1) is 0 Å². The Bertz CT molecular complexity index is 1860. The van der Waals surface area contributed by atoms with Gasteiger partial charge < -0.3 is 33.8 Å². The van der Waals surface area contributed by atoms with E-state index in [1.165, 1.54) is 148 Å². The lowest BCUT2D eigenvalue weighted by Crippen LogP contribution is -2.30. The molecule has 0 heterocycles. The van der Waals surface area contributed by atoms with Crippen LogP contribution in [0.2, 0.25) is 0 Å². The maximum Gasteiger partial charge on any atom is 0.472 e. The van der Waals surface area contributed by atoms with Gasteiger partial charge in [0.2, 0.25) is 0 Å². The van der Waals surface area contributed by atoms with E-state index in [0.29, 0.717) is 25.7 Å². The molecule has 3 N–H and O–H groups in total. The van der Waals surface area contributed by atoms with E-state index >= 15 is 0 Å². The molecule has 0 bridgehead atoms. The van der Waals surface area contributed by atoms with E-state index in [1.54, 1.807) is 0 Å². The van der Waals surface area contributed by atoms with Crippen LogP contribution in [-0.4, -0.2) is 96.7 Å². The molecule has 2 unspecified atom stereocenters. The first-order valence-corrected chi connectivity index (χ1v) is 40.4. The zero-order valence-corrected chi connectivity index (χ0v) is 61.0. The molecule has 0 aromatic carbocycles. The Morgan fingerprint density at radius 1 is 0.337 bits per heavy atom. The fourth-order valence-electron chi connectivity index (χ4n) is 10.6. The van der Waals surface area contributed by atoms with Crippen LogP contribution in [-0.2, 0) is 65.4 Å². The van der Waals surface area contributed by atoms with Gasteiger partial charge in [0.1, 0.15) is 19.3 Å². The summed E-state index contributed by atoms with van der Waals surface area (Å²) in [5.74, 6) is -1.36. The van der Waals surface area contributed by atoms with Crippen LogP contribution in [0, 0.1) is 5.92 Å². The first-order valence-electron chi connectivity index (χ1n) is 37.5. The highest BCUT2D eigenvalue weighted by molar-refractivity contribution is 7.47. The van der Waals surface area contributed by atoms with Crippen molar-refractivity contribution < 1.29 is 80.2 Å². The van der Waals surface area contributed by atoms with Gasteiger partial charge >= 0.3 is 39.5 Å². The minimum atomic E-state index is -4.96. The average molecular weight is 1350 g/mol. The Labute approximate surface area is 561 Å². The highest BCUT2D eigenvalue weighted by Crippen LogP contribution is 2.45. The third kappa shape index (κ3) is 66.2. The van der Waals surface area contributed by atoms with Gasteiger partial charge in [0, 0.05) is 25.7 Å². The van der Waals surface area contributed by atoms with Crippen LogP contribution in [0.15, 0.2) is 24.3 Å². The SMILES string of the molecule is CCCCCC/C=C\C=C/CCCCCCCC(=O)OC[C@H](COP(=O)(O)OC[C@@H](O)COP(=O)(O)OC[C@@H](COC(=O)CCCCCCCCC)OC(=O)CCCCCCCCCCCCCCC)OC(=O)CCCCCCCCCCCCCCCCC(C)C. The monoisotopic (exact) mass is 1350 g/mol. The summed E-state index contributed by atoms with van der Waals surface area (Å²) < 4.78 is 68.3. The number of aliphatic hydroxyl groups excluding tert-OH is 1. The van der Waals surface area contributed by atoms with E-state index in [-0.39, 0.29) is 25.7 Å². The first-order chi connectivity index (χ1) is 44.5. The van der Waals surface area contributed by atoms with E-state index in [0.717, 1.165) is 128 Å². The second kappa shape index (κ2) is 65.8. The third-order valence-electron chi connectivity index (χ3n) is 16.4. The van der Waals surface area contributed by atoms with Crippen LogP contribution >= 0.6 is 15.6 Å². The number of esters is 4. The van der Waals surface area contributed by atoms with E-state index in [9.17, 15) is 43.2 Å². The minimum Gasteiger partial charge on any atom is -0.462 e. The number of allylic oxidation sites excluding steroid dienone is 4. The summed E-state index contributed by atoms with van der Waals surface area (Å²) in [5.41, 5.74) is 0. The molecule has 0 aromatic heterocycles. The van der Waals surface area contributed by atoms with Gasteiger partial charge in [0.25, 0.3) is 0 Å². The number of carbonyl (C=O) groups excluding carboxylic acids is 4. The molecule has 0 rings (SSSR count). The molecule has 92 heavy (non-hydrogen) atoms. The normalized spacial score (nSPS) is 14.2. The molecule has 0 radical (unpaired) electrons. The minimum absolute atomic E-state index is 0.101. The van der Waals surface area contributed by atoms with E-state index in [2.05, 4.69) is 58.9 Å². The Hall–Kier alpha value is -2.46. The van der Waals surface area contributed by atoms with Crippen LogP contribution in [0.3, 0.4) is 0 Å². The molecule has 0 amide bonds. The molecule has 0 aliphatic heterocycles. The highest BCUT2D eigenvalue weighted by atomic mass is 31.2. The van der Waals surface area contributed by atoms with E-state index < -0.39 is 97.5 Å². The molecule has 0 aromatic rings. The molecule has 0 saturated heterocycles. The van der Waals surface area contributed by atoms with E-state index in [1.807, 2.05) is 0 Å². The largest absolute Gasteiger partial charge is 0.472 e. The van der Waals surface area contributed by atoms with Crippen molar-refractivity contribution in [2.24, 2.45) is 5.92 Å². The fraction of sp³-hybridized carbons (Fsp3) is 0.890. The van der Waals surface area contributed by atoms with Crippen molar-refractivity contribution in [1.82, 2.24) is 0 Å². The van der Waals surface area contributed by atoms with Crippen molar-refractivity contribution >= 4 is 39.5 Å². The summed E-state index contributed by atoms with van der Waals surface area (Å²) in [6, 6.07) is 0. The van der Waals surface area contributed by atoms with Gasteiger partial charge in [-0.1, -0.05) is 303 Å². The summed E-state index contributed by atoms with van der Waals surface area (Å²) in [6.07, 6.45) is 56.3. The molecular weight excluding hydrogens is 1210 g/mol. The molecule has 0 aliphatic rings. The van der Waals surface area contributed by atoms with Crippen LogP contribution in [0.4, 0.5) is 0 Å². The predicted octanol–water partition coefficient (Wildman–Crippen LogP) is 20.9. The predicted molar refractivity (Wildman–Crippen MR) is 372 cm³/mol. The van der Waals surface area contributed by atoms with Crippen molar-refractivity contribution in [3.05, 3.63) is 24.3 Å². The summed E-state index contributed by atoms with van der Waals surface area (Å²) in [6.45, 7) is 7.19. The topological polar surface area (TPSA) is 237 Å². The molecule has 17 nitrogen and oxygen atoms in total. The van der Waals surface area contributed by atoms with Gasteiger partial charge in [0.05, 0.1) is 26.4 Å². The Morgan fingerprint density at radius 3 is 0.891 bits per heavy atom. The number of rotatable bonds is 71. The second-order valence-corrected chi connectivity index (χ2v) is 29.0. The number of phosphoric ester groups is 2. The fourth-order valence-corrected chi connectivity index (χ4v) is 12.2. The lowest BCUT2D eigenvalue weighted by molar-refractivity contribution is -0.161. The lowest BCUT2D eigenvalue weighted by Gasteiger charge is -2.21. The van der Waals surface area contributed by atoms with Gasteiger partial charge in [-0.2, -0.15) is 0 Å². The van der Waals surface area contributed by atoms with Crippen molar-refractivity contribution in [3.63, 3.8) is 0 Å². The molecule has 5 atom stereocenters. The van der Waals surface area contributed by atoms with Crippen molar-refractivity contribution in [3.8, 4) is 0 Å². The summed E-state index contributed by atoms with van der Waals surface area (Å²) in [7, 11) is -9.91. The van der Waals surface area contributed by atoms with Crippen molar-refractivity contribution in [2.75, 3.05) is 39.6 Å². The van der Waals surface area contributed by atoms with Gasteiger partial charge in [-0.25, -0.2) is 9.13 Å². The number of hydrogen-bond donors (Lipinski definition) is 3. The van der Waals surface area contributed by atoms with Crippen molar-refractivity contribution in [2.45, 2.75) is 374 Å². The molecule has 0 spiro atoms. The first kappa shape index (κ1) is 89.5. The molecule has 0 saturated carbocycles. The molecule has 0 aliphatic carbocycles. The highest BCUT2D eigenvalue weighted by Gasteiger charge is 2.30. The van der Waals surface area contributed by atoms with Crippen molar-refractivity contribution in [1.29, 1.82) is 0 Å². The molecule has 0 fully saturated rings. The number of aliphatic hydroxyl groups is 1. The number of unbranched alkanes of at least 4 members (excludes halogenated alkanes) is 40. The third-order valence-corrected chi connectivity index (χ3v) is 18.3. The van der Waals surface area contributed by atoms with Crippen LogP contribution in [0.1, 0.15) is 356 Å². The van der Waals surface area contributed by atoms with Gasteiger partial charge in [-0.3, -0.25) is 37.3 Å². The number of carbonyl (C=O) groups is 4. The maximum atomic E-state index is 13.0. The van der Waals surface area contributed by atoms with Crippen LogP contribution in [0.25, 0.3) is 0 Å². The van der Waals surface area contributed by atoms with Gasteiger partial charge in [-0.05, 0) is 57.3 Å². The van der Waals surface area contributed by atoms with Crippen LogP contribution in [0.5, 0.6) is 0 Å². The zero-order valence-electron chi connectivity index (χ0n) is 59.2. The van der Waals surface area contributed by atoms with E-state index in [4.69, 9.17) is 37.0 Å². The lowest BCUT2D eigenvalue weighted by atomic mass is 10.0. The summed E-state index contributed by atoms with van der Waals surface area (Å²) in [4.78, 5) is 72.5. The molecular formula is C73H138O17P2. The van der Waals surface area contributed by atoms with Crippen LogP contribution < -0.4 is 0 Å². The number of hydrogen-bond acceptors (Lipinski definition) is 15. The smallest absolute Gasteiger partial charge is 0.462 e. The zero-order chi connectivity index (χ0) is 67.7. The molecule has 542 valence electrons. The summed E-state index contributed by atoms with van der Waals surface area (Å²) in [5, 5.41) is 10.6. The Balaban J connectivity index is 5.24. The van der Waals surface area contributed by atoms with Gasteiger partial charge in [0.15, 0.2) is 12.2 Å². The Kier molecular flexibility index (Phi) is 64.0. The average Bonchev–Trinajstić information content (AvgIpc) is 2.05.